The molecule has 2 aromatic carbocycles. The zero-order valence-electron chi connectivity index (χ0n) is 17.9. The quantitative estimate of drug-likeness (QED) is 0.586. The van der Waals surface area contributed by atoms with Gasteiger partial charge in [-0.05, 0) is 24.1 Å². The molecule has 0 N–H and O–H groups in total. The van der Waals surface area contributed by atoms with Gasteiger partial charge in [0.2, 0.25) is 0 Å². The summed E-state index contributed by atoms with van der Waals surface area (Å²) in [6.45, 7) is 5.02. The Morgan fingerprint density at radius 2 is 1.71 bits per heavy atom. The molecular weight excluding hydrogens is 388 g/mol. The summed E-state index contributed by atoms with van der Waals surface area (Å²) in [5, 5.41) is 0. The number of hydrogen-bond donors (Lipinski definition) is 0. The van der Waals surface area contributed by atoms with Crippen LogP contribution in [0, 0.1) is 0 Å². The number of aromatic nitrogens is 2. The second-order valence-electron chi connectivity index (χ2n) is 7.68. The molecule has 1 aromatic heterocycles. The first kappa shape index (κ1) is 20.8. The van der Waals surface area contributed by atoms with Gasteiger partial charge in [-0.3, -0.25) is 4.79 Å². The molecule has 0 spiro atoms. The Kier molecular flexibility index (Phi) is 6.77. The summed E-state index contributed by atoms with van der Waals surface area (Å²) in [7, 11) is 0. The van der Waals surface area contributed by atoms with Crippen LogP contribution in [0.5, 0.6) is 5.75 Å². The Bertz CT molecular complexity index is 984. The van der Waals surface area contributed by atoms with Crippen LogP contribution in [-0.4, -0.2) is 53.6 Å². The maximum Gasteiger partial charge on any atom is 0.260 e. The van der Waals surface area contributed by atoms with E-state index in [1.807, 2.05) is 53.4 Å². The molecule has 3 aromatic rings. The van der Waals surface area contributed by atoms with Crippen LogP contribution in [0.4, 0.5) is 5.82 Å². The predicted molar refractivity (Wildman–Crippen MR) is 122 cm³/mol. The van der Waals surface area contributed by atoms with Crippen molar-refractivity contribution in [1.82, 2.24) is 14.9 Å². The first-order valence-electron chi connectivity index (χ1n) is 10.8. The van der Waals surface area contributed by atoms with Crippen LogP contribution in [-0.2, 0) is 11.2 Å². The average Bonchev–Trinajstić information content (AvgIpc) is 2.84. The van der Waals surface area contributed by atoms with E-state index >= 15 is 0 Å². The lowest BCUT2D eigenvalue weighted by Crippen LogP contribution is -2.50. The number of amides is 1. The van der Waals surface area contributed by atoms with Crippen molar-refractivity contribution >= 4 is 11.7 Å². The molecule has 0 aliphatic carbocycles. The monoisotopic (exact) mass is 416 g/mol. The number of carbonyl (C=O) groups excluding carboxylic acids is 1. The molecule has 31 heavy (non-hydrogen) atoms. The van der Waals surface area contributed by atoms with Gasteiger partial charge in [-0.25, -0.2) is 9.97 Å². The third kappa shape index (κ3) is 5.40. The Balaban J connectivity index is 1.29. The van der Waals surface area contributed by atoms with Crippen molar-refractivity contribution in [2.45, 2.75) is 19.8 Å². The fourth-order valence-electron chi connectivity index (χ4n) is 3.75. The summed E-state index contributed by atoms with van der Waals surface area (Å²) >= 11 is 0. The number of carbonyl (C=O) groups is 1. The molecule has 4 rings (SSSR count). The van der Waals surface area contributed by atoms with Gasteiger partial charge in [0, 0.05) is 37.8 Å². The molecule has 1 aliphatic heterocycles. The van der Waals surface area contributed by atoms with Crippen molar-refractivity contribution in [2.75, 3.05) is 37.7 Å². The van der Waals surface area contributed by atoms with Crippen molar-refractivity contribution in [2.24, 2.45) is 0 Å². The molecule has 2 heterocycles. The molecule has 6 heteroatoms. The molecule has 0 atom stereocenters. The number of anilines is 1. The number of aryl methyl sites for hydroxylation is 1. The lowest BCUT2D eigenvalue weighted by atomic mass is 10.1. The van der Waals surface area contributed by atoms with Crippen LogP contribution in [0.2, 0.25) is 0 Å². The number of rotatable bonds is 7. The number of ether oxygens (including phenoxy) is 1. The summed E-state index contributed by atoms with van der Waals surface area (Å²) in [5.41, 5.74) is 3.26. The van der Waals surface area contributed by atoms with E-state index in [1.54, 1.807) is 6.33 Å². The fourth-order valence-corrected chi connectivity index (χ4v) is 3.75. The maximum atomic E-state index is 12.6. The summed E-state index contributed by atoms with van der Waals surface area (Å²) in [6.07, 6.45) is 3.78. The third-order valence-electron chi connectivity index (χ3n) is 5.50. The maximum absolute atomic E-state index is 12.6. The molecule has 1 aliphatic rings. The zero-order valence-corrected chi connectivity index (χ0v) is 17.9. The Hall–Kier alpha value is -3.41. The normalized spacial score (nSPS) is 13.8. The van der Waals surface area contributed by atoms with Crippen LogP contribution >= 0.6 is 0 Å². The minimum atomic E-state index is 0.0185. The summed E-state index contributed by atoms with van der Waals surface area (Å²) in [6, 6.07) is 20.1. The van der Waals surface area contributed by atoms with Gasteiger partial charge in [0.05, 0.1) is 5.69 Å². The topological polar surface area (TPSA) is 58.6 Å². The lowest BCUT2D eigenvalue weighted by Gasteiger charge is -2.35. The predicted octanol–water partition coefficient (Wildman–Crippen LogP) is 3.82. The molecule has 1 amide bonds. The number of nitrogens with zero attached hydrogens (tertiary/aromatic N) is 4. The fraction of sp³-hybridized carbons (Fsp3) is 0.320. The number of hydrogen-bond acceptors (Lipinski definition) is 5. The molecule has 0 saturated carbocycles. The van der Waals surface area contributed by atoms with Gasteiger partial charge < -0.3 is 14.5 Å². The smallest absolute Gasteiger partial charge is 0.260 e. The van der Waals surface area contributed by atoms with Gasteiger partial charge in [0.25, 0.3) is 5.91 Å². The van der Waals surface area contributed by atoms with Crippen molar-refractivity contribution in [1.29, 1.82) is 0 Å². The van der Waals surface area contributed by atoms with E-state index in [-0.39, 0.29) is 12.5 Å². The minimum absolute atomic E-state index is 0.0185. The third-order valence-corrected chi connectivity index (χ3v) is 5.50. The number of benzene rings is 2. The van der Waals surface area contributed by atoms with Crippen LogP contribution in [0.15, 0.2) is 67.0 Å². The lowest BCUT2D eigenvalue weighted by molar-refractivity contribution is -0.133. The molecule has 0 unspecified atom stereocenters. The first-order valence-corrected chi connectivity index (χ1v) is 10.8. The SMILES string of the molecule is CCCc1ccc(OCC(=O)N2CCN(c3cc(-c4ccccc4)ncn3)CC2)cc1. The Labute approximate surface area is 183 Å². The van der Waals surface area contributed by atoms with E-state index in [1.165, 1.54) is 5.56 Å². The molecule has 1 fully saturated rings. The van der Waals surface area contributed by atoms with Gasteiger partial charge in [0.1, 0.15) is 17.9 Å². The number of piperazine rings is 1. The standard InChI is InChI=1S/C25H28N4O2/c1-2-6-20-9-11-22(12-10-20)31-18-25(30)29-15-13-28(14-16-29)24-17-23(26-19-27-24)21-7-4-3-5-8-21/h3-5,7-12,17,19H,2,6,13-16,18H2,1H3. The molecule has 0 radical (unpaired) electrons. The van der Waals surface area contributed by atoms with Crippen LogP contribution in [0.25, 0.3) is 11.3 Å². The highest BCUT2D eigenvalue weighted by atomic mass is 16.5. The highest BCUT2D eigenvalue weighted by Gasteiger charge is 2.22. The molecule has 1 saturated heterocycles. The van der Waals surface area contributed by atoms with Gasteiger partial charge in [-0.15, -0.1) is 0 Å². The zero-order chi connectivity index (χ0) is 21.5. The first-order chi connectivity index (χ1) is 15.2. The van der Waals surface area contributed by atoms with E-state index in [0.29, 0.717) is 13.1 Å². The summed E-state index contributed by atoms with van der Waals surface area (Å²) in [4.78, 5) is 25.5. The van der Waals surface area contributed by atoms with E-state index in [4.69, 9.17) is 4.74 Å². The van der Waals surface area contributed by atoms with Crippen molar-refractivity contribution in [3.05, 3.63) is 72.6 Å². The van der Waals surface area contributed by atoms with Gasteiger partial charge in [-0.1, -0.05) is 55.8 Å². The van der Waals surface area contributed by atoms with E-state index < -0.39 is 0 Å². The van der Waals surface area contributed by atoms with Crippen molar-refractivity contribution in [3.63, 3.8) is 0 Å². The molecular formula is C25H28N4O2. The van der Waals surface area contributed by atoms with Crippen LogP contribution in [0.3, 0.4) is 0 Å². The van der Waals surface area contributed by atoms with Crippen molar-refractivity contribution < 1.29 is 9.53 Å². The average molecular weight is 417 g/mol. The van der Waals surface area contributed by atoms with Gasteiger partial charge in [0.15, 0.2) is 6.61 Å². The van der Waals surface area contributed by atoms with Crippen LogP contribution in [0.1, 0.15) is 18.9 Å². The second-order valence-corrected chi connectivity index (χ2v) is 7.68. The Morgan fingerprint density at radius 3 is 2.42 bits per heavy atom. The van der Waals surface area contributed by atoms with E-state index in [9.17, 15) is 4.79 Å². The highest BCUT2D eigenvalue weighted by molar-refractivity contribution is 5.78. The van der Waals surface area contributed by atoms with E-state index in [2.05, 4.69) is 33.9 Å². The van der Waals surface area contributed by atoms with Gasteiger partial charge in [-0.2, -0.15) is 0 Å². The van der Waals surface area contributed by atoms with Gasteiger partial charge >= 0.3 is 0 Å². The largest absolute Gasteiger partial charge is 0.484 e. The minimum Gasteiger partial charge on any atom is -0.484 e. The molecule has 160 valence electrons. The summed E-state index contributed by atoms with van der Waals surface area (Å²) in [5.74, 6) is 1.65. The Morgan fingerprint density at radius 1 is 0.968 bits per heavy atom. The molecule has 6 nitrogen and oxygen atoms in total. The second kappa shape index (κ2) is 10.1. The molecule has 0 bridgehead atoms. The highest BCUT2D eigenvalue weighted by Crippen LogP contribution is 2.21. The summed E-state index contributed by atoms with van der Waals surface area (Å²) < 4.78 is 5.70. The van der Waals surface area contributed by atoms with E-state index in [0.717, 1.165) is 48.8 Å². The van der Waals surface area contributed by atoms with Crippen LogP contribution < -0.4 is 9.64 Å². The van der Waals surface area contributed by atoms with Crippen molar-refractivity contribution in [3.8, 4) is 17.0 Å².